The summed E-state index contributed by atoms with van der Waals surface area (Å²) in [6.45, 7) is 17.5. The Hall–Kier alpha value is -5.23. The number of nitrogens with zero attached hydrogens (tertiary/aromatic N) is 2. The number of allylic oxidation sites excluding steroid dienone is 4. The molecule has 1 aliphatic carbocycles. The van der Waals surface area contributed by atoms with Gasteiger partial charge in [-0.1, -0.05) is 59.8 Å². The third kappa shape index (κ3) is 9.04. The molecule has 2 amide bonds. The zero-order valence-corrected chi connectivity index (χ0v) is 38.6. The molecule has 10 atom stereocenters. The molecule has 64 heavy (non-hydrogen) atoms. The molecule has 4 aliphatic heterocycles. The minimum absolute atomic E-state index is 0.0710. The lowest BCUT2D eigenvalue weighted by molar-refractivity contribution is -0.181. The van der Waals surface area contributed by atoms with Gasteiger partial charge in [0.25, 0.3) is 11.7 Å². The summed E-state index contributed by atoms with van der Waals surface area (Å²) >= 11 is 0. The van der Waals surface area contributed by atoms with Crippen molar-refractivity contribution in [1.29, 1.82) is 0 Å². The number of esters is 1. The number of Topliss-reactive ketones (excluding diaryl/α,β-unsaturated/α-hetero) is 1. The number of ketones is 1. The molecule has 1 aromatic carbocycles. The maximum Gasteiger partial charge on any atom is 0.409 e. The van der Waals surface area contributed by atoms with E-state index in [9.17, 15) is 39.6 Å². The number of nitrogens with one attached hydrogen (secondary N) is 2. The van der Waals surface area contributed by atoms with Gasteiger partial charge in [0.05, 0.1) is 48.2 Å². The lowest BCUT2D eigenvalue weighted by Gasteiger charge is -2.38. The number of carbonyl (C=O) groups excluding carboxylic acids is 4. The molecule has 17 heteroatoms. The zero-order chi connectivity index (χ0) is 47.2. The molecule has 6 rings (SSSR count). The van der Waals surface area contributed by atoms with Gasteiger partial charge in [0.15, 0.2) is 6.10 Å². The smallest absolute Gasteiger partial charge is 0.409 e. The van der Waals surface area contributed by atoms with Crippen LogP contribution in [0.1, 0.15) is 108 Å². The number of aliphatic hydroxyl groups is 3. The average Bonchev–Trinajstić information content (AvgIpc) is 3.75. The predicted molar refractivity (Wildman–Crippen MR) is 234 cm³/mol. The maximum atomic E-state index is 14.8. The van der Waals surface area contributed by atoms with E-state index in [1.165, 1.54) is 40.2 Å². The molecular formula is C47H64N4O13. The van der Waals surface area contributed by atoms with E-state index in [4.69, 9.17) is 28.7 Å². The Morgan fingerprint density at radius 3 is 2.28 bits per heavy atom. The number of piperidine rings is 1. The van der Waals surface area contributed by atoms with E-state index < -0.39 is 95.1 Å². The first kappa shape index (κ1) is 48.2. The molecule has 5 aliphatic rings. The molecular weight excluding hydrogens is 829 g/mol. The SMILES string of the molecule is CO[C@H]1/C=C/O[C@@]2(C)Oc3c(C)c(O)c4c(c3C2O)C2=NC3(CCN(C(=O)OCC(C)C)CC3)NC2=C(NC(=O)/C(C)=C\C=C\[C@H](C)[C@H](O)[C@@H](C)[C@@H](O)[C@@H](C)[C@H](OC(C)=O)[C@@H]1C)C4=O. The fourth-order valence-electron chi connectivity index (χ4n) is 9.19. The van der Waals surface area contributed by atoms with Gasteiger partial charge in [0.2, 0.25) is 5.78 Å². The number of carbonyl (C=O) groups is 4. The van der Waals surface area contributed by atoms with E-state index in [-0.39, 0.29) is 76.3 Å². The van der Waals surface area contributed by atoms with E-state index in [0.717, 1.165) is 0 Å². The van der Waals surface area contributed by atoms with Crippen molar-refractivity contribution in [3.63, 3.8) is 0 Å². The first-order valence-corrected chi connectivity index (χ1v) is 22.0. The molecule has 17 nitrogen and oxygen atoms in total. The number of aliphatic hydroxyl groups excluding tert-OH is 3. The third-order valence-electron chi connectivity index (χ3n) is 13.2. The molecule has 350 valence electrons. The standard InChI is InChI=1S/C47H64N4O13/c1-22(2)21-61-45(59)51-18-16-47(17-19-51)49-34-31-32-39(55)28(8)42-33(31)43(57)46(10,64-42)62-20-15-30(60-11)25(5)41(63-29(9)52)27(7)38(54)26(6)37(53)23(3)13-12-14-24(4)44(58)48-36(40(32)56)35(34)50-47/h12-15,20,22-23,25-27,30,37-38,41,43,50,53-55,57H,16-19,21H2,1-11H3,(H,48,58)/b13-12+,20-15+,24-14-/t23-,25+,26+,27+,30-,37-,38+,41+,43?,46-/m0/s1. The molecule has 1 fully saturated rings. The van der Waals surface area contributed by atoms with Crippen LogP contribution in [0.5, 0.6) is 11.5 Å². The Morgan fingerprint density at radius 1 is 0.984 bits per heavy atom. The number of benzene rings is 1. The number of methoxy groups -OCH3 is 1. The van der Waals surface area contributed by atoms with E-state index in [1.54, 1.807) is 57.7 Å². The average molecular weight is 893 g/mol. The van der Waals surface area contributed by atoms with Crippen LogP contribution in [0, 0.1) is 36.5 Å². The molecule has 4 heterocycles. The molecule has 0 radical (unpaired) electrons. The number of ether oxygens (including phenoxy) is 5. The first-order valence-electron chi connectivity index (χ1n) is 22.0. The number of hydrogen-bond donors (Lipinski definition) is 6. The molecule has 1 spiro atoms. The Balaban J connectivity index is 1.47. The number of phenolic OH excluding ortho intramolecular Hbond substituents is 1. The van der Waals surface area contributed by atoms with Crippen LogP contribution in [-0.2, 0) is 28.5 Å². The third-order valence-corrected chi connectivity index (χ3v) is 13.2. The number of fused-ring (bicyclic) bond motifs is 3. The van der Waals surface area contributed by atoms with Gasteiger partial charge in [-0.2, -0.15) is 0 Å². The highest BCUT2D eigenvalue weighted by Crippen LogP contribution is 2.54. The van der Waals surface area contributed by atoms with Crippen molar-refractivity contribution < 1.29 is 63.3 Å². The van der Waals surface area contributed by atoms with Crippen LogP contribution in [0.15, 0.2) is 52.5 Å². The van der Waals surface area contributed by atoms with Crippen molar-refractivity contribution in [2.24, 2.45) is 34.6 Å². The molecule has 0 aromatic heterocycles. The lowest BCUT2D eigenvalue weighted by Crippen LogP contribution is -2.51. The summed E-state index contributed by atoms with van der Waals surface area (Å²) in [5.41, 5.74) is -0.467. The van der Waals surface area contributed by atoms with Crippen LogP contribution in [-0.4, -0.2) is 117 Å². The summed E-state index contributed by atoms with van der Waals surface area (Å²) in [6, 6.07) is 0. The number of phenols is 1. The summed E-state index contributed by atoms with van der Waals surface area (Å²) in [7, 11) is 1.46. The second kappa shape index (κ2) is 18.7. The van der Waals surface area contributed by atoms with E-state index >= 15 is 0 Å². The van der Waals surface area contributed by atoms with Gasteiger partial charge < -0.3 is 59.6 Å². The van der Waals surface area contributed by atoms with Crippen molar-refractivity contribution in [2.45, 2.75) is 124 Å². The van der Waals surface area contributed by atoms with Crippen LogP contribution < -0.4 is 15.4 Å². The topological polar surface area (TPSA) is 235 Å². The summed E-state index contributed by atoms with van der Waals surface area (Å²) in [6.07, 6.45) is 2.42. The number of aliphatic imine (C=N–C) groups is 1. The van der Waals surface area contributed by atoms with Crippen molar-refractivity contribution >= 4 is 29.5 Å². The number of rotatable bonds is 4. The molecule has 5 bridgehead atoms. The Labute approximate surface area is 374 Å². The van der Waals surface area contributed by atoms with Gasteiger partial charge >= 0.3 is 12.1 Å². The lowest BCUT2D eigenvalue weighted by atomic mass is 9.78. The Kier molecular flexibility index (Phi) is 14.1. The van der Waals surface area contributed by atoms with Gasteiger partial charge in [-0.15, -0.1) is 0 Å². The summed E-state index contributed by atoms with van der Waals surface area (Å²) < 4.78 is 29.6. The Morgan fingerprint density at radius 2 is 1.66 bits per heavy atom. The number of amides is 2. The minimum atomic E-state index is -1.83. The summed E-state index contributed by atoms with van der Waals surface area (Å²) in [5.74, 6) is -6.44. The van der Waals surface area contributed by atoms with Crippen molar-refractivity contribution in [2.75, 3.05) is 26.8 Å². The number of aromatic hydroxyl groups is 1. The maximum absolute atomic E-state index is 14.8. The molecule has 1 aromatic rings. The van der Waals surface area contributed by atoms with Crippen LogP contribution in [0.4, 0.5) is 4.79 Å². The van der Waals surface area contributed by atoms with Gasteiger partial charge in [-0.3, -0.25) is 19.4 Å². The van der Waals surface area contributed by atoms with Gasteiger partial charge in [-0.25, -0.2) is 4.79 Å². The summed E-state index contributed by atoms with van der Waals surface area (Å²) in [5, 5.41) is 53.2. The second-order valence-electron chi connectivity index (χ2n) is 18.5. The minimum Gasteiger partial charge on any atom is -0.507 e. The number of hydrogen-bond acceptors (Lipinski definition) is 15. The van der Waals surface area contributed by atoms with Crippen LogP contribution in [0.2, 0.25) is 0 Å². The van der Waals surface area contributed by atoms with Crippen molar-refractivity contribution in [1.82, 2.24) is 15.5 Å². The fraction of sp³-hybridized carbons (Fsp3) is 0.596. The molecule has 1 unspecified atom stereocenters. The van der Waals surface area contributed by atoms with Crippen LogP contribution >= 0.6 is 0 Å². The summed E-state index contributed by atoms with van der Waals surface area (Å²) in [4.78, 5) is 60.8. The molecule has 0 saturated carbocycles. The van der Waals surface area contributed by atoms with E-state index in [0.29, 0.717) is 12.8 Å². The molecule has 6 N–H and O–H groups in total. The predicted octanol–water partition coefficient (Wildman–Crippen LogP) is 4.60. The van der Waals surface area contributed by atoms with Crippen LogP contribution in [0.25, 0.3) is 0 Å². The van der Waals surface area contributed by atoms with Crippen molar-refractivity contribution in [3.05, 3.63) is 69.8 Å². The Bertz CT molecular complexity index is 2190. The highest BCUT2D eigenvalue weighted by molar-refractivity contribution is 6.31. The fourth-order valence-corrected chi connectivity index (χ4v) is 9.19. The monoisotopic (exact) mass is 892 g/mol. The quantitative estimate of drug-likeness (QED) is 0.227. The van der Waals surface area contributed by atoms with Crippen molar-refractivity contribution in [3.8, 4) is 11.5 Å². The molecule has 1 saturated heterocycles. The highest BCUT2D eigenvalue weighted by atomic mass is 16.7. The largest absolute Gasteiger partial charge is 0.507 e. The first-order chi connectivity index (χ1) is 30.1. The van der Waals surface area contributed by atoms with Gasteiger partial charge in [0.1, 0.15) is 29.0 Å². The van der Waals surface area contributed by atoms with E-state index in [1.807, 2.05) is 13.8 Å². The highest BCUT2D eigenvalue weighted by Gasteiger charge is 2.54. The van der Waals surface area contributed by atoms with E-state index in [2.05, 4.69) is 10.6 Å². The van der Waals surface area contributed by atoms with Gasteiger partial charge in [-0.05, 0) is 25.8 Å². The van der Waals surface area contributed by atoms with Gasteiger partial charge in [0, 0.05) is 92.8 Å². The zero-order valence-electron chi connectivity index (χ0n) is 38.6. The normalized spacial score (nSPS) is 33.5. The second-order valence-corrected chi connectivity index (χ2v) is 18.5. The van der Waals surface area contributed by atoms with Crippen LogP contribution in [0.3, 0.4) is 0 Å². The number of likely N-dealkylation sites (tertiary alicyclic amines) is 1.